The van der Waals surface area contributed by atoms with E-state index in [9.17, 15) is 0 Å². The summed E-state index contributed by atoms with van der Waals surface area (Å²) in [5.41, 5.74) is 8.64. The minimum atomic E-state index is 0.721. The van der Waals surface area contributed by atoms with E-state index < -0.39 is 0 Å². The first-order valence-corrected chi connectivity index (χ1v) is 14.3. The molecule has 0 aliphatic heterocycles. The fraction of sp³-hybridized carbons (Fsp3) is 0. The predicted octanol–water partition coefficient (Wildman–Crippen LogP) is 11.7. The summed E-state index contributed by atoms with van der Waals surface area (Å²) >= 11 is 10.0. The van der Waals surface area contributed by atoms with Crippen molar-refractivity contribution in [1.29, 1.82) is 0 Å². The van der Waals surface area contributed by atoms with Gasteiger partial charge in [0.25, 0.3) is 0 Å². The zero-order valence-corrected chi connectivity index (χ0v) is 24.0. The predicted molar refractivity (Wildman–Crippen MR) is 174 cm³/mol. The van der Waals surface area contributed by atoms with Gasteiger partial charge in [-0.25, -0.2) is 0 Å². The van der Waals surface area contributed by atoms with Crippen molar-refractivity contribution in [1.82, 2.24) is 0 Å². The molecule has 0 saturated heterocycles. The van der Waals surface area contributed by atoms with Gasteiger partial charge in [-0.15, -0.1) is 0 Å². The first kappa shape index (κ1) is 25.9. The molecule has 6 rings (SSSR count). The number of para-hydroxylation sites is 3. The van der Waals surface area contributed by atoms with Gasteiger partial charge in [0.2, 0.25) is 0 Å². The molecule has 0 unspecified atom stereocenters. The van der Waals surface area contributed by atoms with Crippen molar-refractivity contribution in [2.45, 2.75) is 0 Å². The van der Waals surface area contributed by atoms with Gasteiger partial charge < -0.3 is 9.80 Å². The Kier molecular flexibility index (Phi) is 7.67. The molecule has 6 aromatic carbocycles. The van der Waals surface area contributed by atoms with Gasteiger partial charge in [0, 0.05) is 49.2 Å². The van der Waals surface area contributed by atoms with E-state index >= 15 is 0 Å². The van der Waals surface area contributed by atoms with Crippen LogP contribution in [-0.2, 0) is 0 Å². The molecule has 0 atom stereocenters. The Labute approximate surface area is 248 Å². The topological polar surface area (TPSA) is 6.48 Å². The van der Waals surface area contributed by atoms with Crippen molar-refractivity contribution >= 4 is 61.7 Å². The second-order valence-electron chi connectivity index (χ2n) is 9.36. The summed E-state index contributed by atoms with van der Waals surface area (Å²) in [7, 11) is 0. The summed E-state index contributed by atoms with van der Waals surface area (Å²) < 4.78 is 0.967. The first-order chi connectivity index (χ1) is 19.7. The van der Waals surface area contributed by atoms with Gasteiger partial charge in [0.1, 0.15) is 0 Å². The first-order valence-electron chi connectivity index (χ1n) is 13.1. The highest BCUT2D eigenvalue weighted by atomic mass is 79.9. The number of nitrogens with zero attached hydrogens (tertiary/aromatic N) is 2. The van der Waals surface area contributed by atoms with Crippen molar-refractivity contribution in [3.8, 4) is 11.1 Å². The summed E-state index contributed by atoms with van der Waals surface area (Å²) in [4.78, 5) is 4.54. The Bertz CT molecular complexity index is 1650. The Morgan fingerprint density at radius 2 is 0.750 bits per heavy atom. The standard InChI is InChI=1S/C36H26BrClN2/c37-28-18-25-35(36(38)26-28)27-16-19-32(20-17-27)40(31-14-8-3-9-15-31)34-23-21-33(22-24-34)39(29-10-4-1-5-11-29)30-12-6-2-7-13-30/h1-26H. The van der Waals surface area contributed by atoms with Crippen LogP contribution >= 0.6 is 27.5 Å². The van der Waals surface area contributed by atoms with Crippen LogP contribution in [0.5, 0.6) is 0 Å². The fourth-order valence-corrected chi connectivity index (χ4v) is 5.67. The highest BCUT2D eigenvalue weighted by molar-refractivity contribution is 9.10. The third-order valence-corrected chi connectivity index (χ3v) is 7.58. The van der Waals surface area contributed by atoms with E-state index in [0.29, 0.717) is 0 Å². The van der Waals surface area contributed by atoms with E-state index in [1.807, 2.05) is 36.4 Å². The largest absolute Gasteiger partial charge is 0.311 e. The van der Waals surface area contributed by atoms with Crippen LogP contribution in [0.3, 0.4) is 0 Å². The van der Waals surface area contributed by atoms with E-state index in [4.69, 9.17) is 11.6 Å². The molecule has 0 radical (unpaired) electrons. The lowest BCUT2D eigenvalue weighted by molar-refractivity contribution is 1.26. The number of hydrogen-bond acceptors (Lipinski definition) is 2. The van der Waals surface area contributed by atoms with Crippen LogP contribution < -0.4 is 9.80 Å². The van der Waals surface area contributed by atoms with E-state index in [0.717, 1.165) is 54.7 Å². The van der Waals surface area contributed by atoms with Gasteiger partial charge in [-0.2, -0.15) is 0 Å². The average molecular weight is 602 g/mol. The molecule has 0 heterocycles. The lowest BCUT2D eigenvalue weighted by atomic mass is 10.0. The highest BCUT2D eigenvalue weighted by Gasteiger charge is 2.16. The SMILES string of the molecule is Clc1cc(Br)ccc1-c1ccc(N(c2ccccc2)c2ccc(N(c3ccccc3)c3ccccc3)cc2)cc1. The molecular weight excluding hydrogens is 576 g/mol. The molecule has 2 nitrogen and oxygen atoms in total. The lowest BCUT2D eigenvalue weighted by Gasteiger charge is -2.28. The maximum Gasteiger partial charge on any atom is 0.0495 e. The van der Waals surface area contributed by atoms with E-state index in [1.165, 1.54) is 0 Å². The zero-order chi connectivity index (χ0) is 27.3. The molecule has 0 fully saturated rings. The van der Waals surface area contributed by atoms with E-state index in [2.05, 4.69) is 147 Å². The molecule has 0 aliphatic rings. The van der Waals surface area contributed by atoms with Crippen LogP contribution in [0.1, 0.15) is 0 Å². The molecule has 4 heteroatoms. The van der Waals surface area contributed by atoms with Gasteiger partial charge >= 0.3 is 0 Å². The van der Waals surface area contributed by atoms with Crippen molar-refractivity contribution in [2.75, 3.05) is 9.80 Å². The van der Waals surface area contributed by atoms with Gasteiger partial charge in [-0.3, -0.25) is 0 Å². The fourth-order valence-electron chi connectivity index (χ4n) is 4.89. The zero-order valence-electron chi connectivity index (χ0n) is 21.7. The maximum atomic E-state index is 6.54. The summed E-state index contributed by atoms with van der Waals surface area (Å²) in [6.45, 7) is 0. The molecule has 40 heavy (non-hydrogen) atoms. The monoisotopic (exact) mass is 600 g/mol. The quantitative estimate of drug-likeness (QED) is 0.180. The Hall–Kier alpha value is -4.31. The second kappa shape index (κ2) is 11.8. The third kappa shape index (κ3) is 5.53. The van der Waals surface area contributed by atoms with Gasteiger partial charge in [0.15, 0.2) is 0 Å². The van der Waals surface area contributed by atoms with Gasteiger partial charge in [-0.05, 0) is 90.5 Å². The minimum Gasteiger partial charge on any atom is -0.311 e. The van der Waals surface area contributed by atoms with Crippen LogP contribution in [0.25, 0.3) is 11.1 Å². The molecule has 0 bridgehead atoms. The smallest absolute Gasteiger partial charge is 0.0495 e. The number of rotatable bonds is 7. The lowest BCUT2D eigenvalue weighted by Crippen LogP contribution is -2.12. The van der Waals surface area contributed by atoms with Crippen molar-refractivity contribution in [3.63, 3.8) is 0 Å². The van der Waals surface area contributed by atoms with Crippen molar-refractivity contribution in [2.24, 2.45) is 0 Å². The molecule has 6 aromatic rings. The average Bonchev–Trinajstić information content (AvgIpc) is 3.00. The number of benzene rings is 6. The van der Waals surface area contributed by atoms with Crippen LogP contribution in [0.15, 0.2) is 162 Å². The van der Waals surface area contributed by atoms with Gasteiger partial charge in [0.05, 0.1) is 0 Å². The van der Waals surface area contributed by atoms with Crippen LogP contribution in [0.2, 0.25) is 5.02 Å². The van der Waals surface area contributed by atoms with Crippen LogP contribution in [-0.4, -0.2) is 0 Å². The summed E-state index contributed by atoms with van der Waals surface area (Å²) in [5, 5.41) is 0.721. The van der Waals surface area contributed by atoms with Crippen LogP contribution in [0, 0.1) is 0 Å². The number of anilines is 6. The molecule has 0 saturated carbocycles. The molecule has 0 aromatic heterocycles. The molecule has 0 aliphatic carbocycles. The van der Waals surface area contributed by atoms with E-state index in [1.54, 1.807) is 0 Å². The van der Waals surface area contributed by atoms with E-state index in [-0.39, 0.29) is 0 Å². The molecule has 0 spiro atoms. The van der Waals surface area contributed by atoms with Crippen molar-refractivity contribution < 1.29 is 0 Å². The van der Waals surface area contributed by atoms with Gasteiger partial charge in [-0.1, -0.05) is 100 Å². The molecular formula is C36H26BrClN2. The second-order valence-corrected chi connectivity index (χ2v) is 10.7. The summed E-state index contributed by atoms with van der Waals surface area (Å²) in [6, 6.07) is 54.6. The highest BCUT2D eigenvalue weighted by Crippen LogP contribution is 2.39. The summed E-state index contributed by atoms with van der Waals surface area (Å²) in [6.07, 6.45) is 0. The summed E-state index contributed by atoms with van der Waals surface area (Å²) in [5.74, 6) is 0. The minimum absolute atomic E-state index is 0.721. The molecule has 194 valence electrons. The molecule has 0 N–H and O–H groups in total. The Morgan fingerprint density at radius 1 is 0.400 bits per heavy atom. The number of halogens is 2. The van der Waals surface area contributed by atoms with Crippen LogP contribution in [0.4, 0.5) is 34.1 Å². The Balaban J connectivity index is 1.38. The third-order valence-electron chi connectivity index (χ3n) is 6.78. The molecule has 0 amide bonds. The number of hydrogen-bond donors (Lipinski definition) is 0. The maximum absolute atomic E-state index is 6.54. The normalized spacial score (nSPS) is 10.8. The Morgan fingerprint density at radius 3 is 1.12 bits per heavy atom. The van der Waals surface area contributed by atoms with Crippen molar-refractivity contribution in [3.05, 3.63) is 167 Å².